The van der Waals surface area contributed by atoms with Crippen LogP contribution >= 0.6 is 0 Å². The van der Waals surface area contributed by atoms with Crippen LogP contribution in [0.4, 0.5) is 0 Å². The van der Waals surface area contributed by atoms with Crippen LogP contribution < -0.4 is 5.32 Å². The van der Waals surface area contributed by atoms with E-state index in [2.05, 4.69) is 22.0 Å². The summed E-state index contributed by atoms with van der Waals surface area (Å²) in [5.41, 5.74) is -0.645. The molecule has 0 spiro atoms. The molecule has 2 aliphatic heterocycles. The third-order valence-electron chi connectivity index (χ3n) is 5.00. The van der Waals surface area contributed by atoms with Crippen LogP contribution in [0.1, 0.15) is 32.6 Å². The molecule has 3 rings (SSSR count). The average Bonchev–Trinajstić information content (AvgIpc) is 3.18. The molecule has 3 fully saturated rings. The van der Waals surface area contributed by atoms with Gasteiger partial charge in [-0.3, -0.25) is 14.6 Å². The zero-order chi connectivity index (χ0) is 13.5. The highest BCUT2D eigenvalue weighted by atomic mass is 16.4. The molecule has 1 saturated carbocycles. The lowest BCUT2D eigenvalue weighted by atomic mass is 9.93. The third-order valence-corrected chi connectivity index (χ3v) is 5.00. The van der Waals surface area contributed by atoms with Crippen molar-refractivity contribution in [3.63, 3.8) is 0 Å². The second-order valence-corrected chi connectivity index (χ2v) is 6.38. The maximum absolute atomic E-state index is 12.0. The highest BCUT2D eigenvalue weighted by Gasteiger charge is 2.54. The van der Waals surface area contributed by atoms with Gasteiger partial charge in [0.15, 0.2) is 0 Å². The Labute approximate surface area is 114 Å². The summed E-state index contributed by atoms with van der Waals surface area (Å²) in [6, 6.07) is 1.06. The SMILES string of the molecule is CC1CC(C(=O)O)(N2CCCNCC2)CN1C1CC1. The van der Waals surface area contributed by atoms with Crippen molar-refractivity contribution < 1.29 is 9.90 Å². The fourth-order valence-corrected chi connectivity index (χ4v) is 3.82. The van der Waals surface area contributed by atoms with Gasteiger partial charge in [-0.15, -0.1) is 0 Å². The lowest BCUT2D eigenvalue weighted by molar-refractivity contribution is -0.151. The Bertz CT molecular complexity index is 351. The number of hydrogen-bond acceptors (Lipinski definition) is 4. The quantitative estimate of drug-likeness (QED) is 0.773. The van der Waals surface area contributed by atoms with Crippen LogP contribution in [0.5, 0.6) is 0 Å². The number of likely N-dealkylation sites (tertiary alicyclic amines) is 1. The Morgan fingerprint density at radius 3 is 2.79 bits per heavy atom. The number of rotatable bonds is 3. The molecule has 2 atom stereocenters. The minimum absolute atomic E-state index is 0.403. The maximum Gasteiger partial charge on any atom is 0.325 e. The minimum atomic E-state index is -0.645. The molecule has 2 heterocycles. The van der Waals surface area contributed by atoms with Crippen molar-refractivity contribution >= 4 is 5.97 Å². The molecule has 108 valence electrons. The molecule has 5 nitrogen and oxygen atoms in total. The van der Waals surface area contributed by atoms with Crippen molar-refractivity contribution in [3.05, 3.63) is 0 Å². The summed E-state index contributed by atoms with van der Waals surface area (Å²) in [5, 5.41) is 13.2. The van der Waals surface area contributed by atoms with Crippen LogP contribution in [0.2, 0.25) is 0 Å². The maximum atomic E-state index is 12.0. The molecule has 19 heavy (non-hydrogen) atoms. The number of nitrogens with one attached hydrogen (secondary N) is 1. The lowest BCUT2D eigenvalue weighted by Crippen LogP contribution is -2.57. The smallest absolute Gasteiger partial charge is 0.325 e. The van der Waals surface area contributed by atoms with Gasteiger partial charge < -0.3 is 10.4 Å². The molecule has 0 aromatic rings. The molecular formula is C14H25N3O2. The zero-order valence-electron chi connectivity index (χ0n) is 11.8. The topological polar surface area (TPSA) is 55.8 Å². The largest absolute Gasteiger partial charge is 0.480 e. The minimum Gasteiger partial charge on any atom is -0.480 e. The molecule has 0 amide bonds. The first kappa shape index (κ1) is 13.3. The number of nitrogens with zero attached hydrogens (tertiary/aromatic N) is 2. The number of carbonyl (C=O) groups is 1. The van der Waals surface area contributed by atoms with Crippen molar-refractivity contribution in [2.75, 3.05) is 32.7 Å². The molecule has 2 saturated heterocycles. The van der Waals surface area contributed by atoms with E-state index in [0.717, 1.165) is 39.0 Å². The van der Waals surface area contributed by atoms with E-state index < -0.39 is 11.5 Å². The van der Waals surface area contributed by atoms with Crippen LogP contribution in [0.3, 0.4) is 0 Å². The standard InChI is InChI=1S/C14H25N3O2/c1-11-9-14(13(18)19,10-17(11)12-3-4-12)16-7-2-5-15-6-8-16/h11-12,15H,2-10H2,1H3,(H,18,19). The van der Waals surface area contributed by atoms with Gasteiger partial charge in [0.25, 0.3) is 0 Å². The molecule has 2 N–H and O–H groups in total. The first-order valence-electron chi connectivity index (χ1n) is 7.58. The van der Waals surface area contributed by atoms with E-state index in [1.165, 1.54) is 12.8 Å². The fourth-order valence-electron chi connectivity index (χ4n) is 3.82. The molecule has 3 aliphatic rings. The van der Waals surface area contributed by atoms with Crippen molar-refractivity contribution in [2.45, 2.75) is 50.2 Å². The molecule has 0 aromatic heterocycles. The van der Waals surface area contributed by atoms with Gasteiger partial charge in [0.1, 0.15) is 5.54 Å². The molecule has 2 unspecified atom stereocenters. The zero-order valence-corrected chi connectivity index (χ0v) is 11.8. The third kappa shape index (κ3) is 2.39. The normalized spacial score (nSPS) is 38.3. The highest BCUT2D eigenvalue weighted by Crippen LogP contribution is 2.40. The number of hydrogen-bond donors (Lipinski definition) is 2. The van der Waals surface area contributed by atoms with Crippen LogP contribution in [0.25, 0.3) is 0 Å². The highest BCUT2D eigenvalue weighted by molar-refractivity contribution is 5.80. The monoisotopic (exact) mass is 267 g/mol. The summed E-state index contributed by atoms with van der Waals surface area (Å²) in [5.74, 6) is -0.621. The predicted octanol–water partition coefficient (Wildman–Crippen LogP) is 0.362. The Hall–Kier alpha value is -0.650. The van der Waals surface area contributed by atoms with Crippen molar-refractivity contribution in [1.29, 1.82) is 0 Å². The Morgan fingerprint density at radius 1 is 1.32 bits per heavy atom. The summed E-state index contributed by atoms with van der Waals surface area (Å²) in [7, 11) is 0. The summed E-state index contributed by atoms with van der Waals surface area (Å²) in [4.78, 5) is 16.6. The number of aliphatic carboxylic acids is 1. The number of carboxylic acid groups (broad SMARTS) is 1. The van der Waals surface area contributed by atoms with E-state index in [1.54, 1.807) is 0 Å². The molecule has 0 bridgehead atoms. The molecule has 1 aliphatic carbocycles. The van der Waals surface area contributed by atoms with Crippen molar-refractivity contribution in [1.82, 2.24) is 15.1 Å². The fraction of sp³-hybridized carbons (Fsp3) is 0.929. The molecule has 0 aromatic carbocycles. The van der Waals surface area contributed by atoms with Gasteiger partial charge in [-0.25, -0.2) is 0 Å². The van der Waals surface area contributed by atoms with Crippen molar-refractivity contribution in [3.8, 4) is 0 Å². The van der Waals surface area contributed by atoms with Gasteiger partial charge in [0.05, 0.1) is 0 Å². The second-order valence-electron chi connectivity index (χ2n) is 6.38. The van der Waals surface area contributed by atoms with Gasteiger partial charge in [0.2, 0.25) is 0 Å². The Morgan fingerprint density at radius 2 is 2.11 bits per heavy atom. The van der Waals surface area contributed by atoms with E-state index >= 15 is 0 Å². The molecule has 0 radical (unpaired) electrons. The van der Waals surface area contributed by atoms with Crippen LogP contribution in [0, 0.1) is 0 Å². The Balaban J connectivity index is 1.80. The summed E-state index contributed by atoms with van der Waals surface area (Å²) >= 11 is 0. The average molecular weight is 267 g/mol. The van der Waals surface area contributed by atoms with Gasteiger partial charge >= 0.3 is 5.97 Å². The van der Waals surface area contributed by atoms with E-state index in [4.69, 9.17) is 0 Å². The first-order valence-corrected chi connectivity index (χ1v) is 7.58. The summed E-state index contributed by atoms with van der Waals surface area (Å²) in [6.07, 6.45) is 4.33. The van der Waals surface area contributed by atoms with E-state index in [-0.39, 0.29) is 0 Å². The van der Waals surface area contributed by atoms with E-state index in [1.807, 2.05) is 0 Å². The van der Waals surface area contributed by atoms with Gasteiger partial charge in [-0.05, 0) is 39.2 Å². The second kappa shape index (κ2) is 5.04. The van der Waals surface area contributed by atoms with E-state index in [9.17, 15) is 9.90 Å². The first-order chi connectivity index (χ1) is 9.13. The van der Waals surface area contributed by atoms with Crippen LogP contribution in [-0.2, 0) is 4.79 Å². The summed E-state index contributed by atoms with van der Waals surface area (Å²) < 4.78 is 0. The van der Waals surface area contributed by atoms with Gasteiger partial charge in [-0.1, -0.05) is 0 Å². The van der Waals surface area contributed by atoms with Crippen LogP contribution in [0.15, 0.2) is 0 Å². The molecule has 5 heteroatoms. The van der Waals surface area contributed by atoms with Crippen LogP contribution in [-0.4, -0.2) is 71.2 Å². The van der Waals surface area contributed by atoms with Gasteiger partial charge in [-0.2, -0.15) is 0 Å². The lowest BCUT2D eigenvalue weighted by Gasteiger charge is -2.37. The van der Waals surface area contributed by atoms with E-state index in [0.29, 0.717) is 18.6 Å². The Kier molecular flexibility index (Phi) is 3.53. The summed E-state index contributed by atoms with van der Waals surface area (Å²) in [6.45, 7) is 6.59. The van der Waals surface area contributed by atoms with Crippen molar-refractivity contribution in [2.24, 2.45) is 0 Å². The molecular weight excluding hydrogens is 242 g/mol. The van der Waals surface area contributed by atoms with Gasteiger partial charge in [0, 0.05) is 38.3 Å². The predicted molar refractivity (Wildman–Crippen MR) is 73.2 cm³/mol. The number of carboxylic acids is 1.